The van der Waals surface area contributed by atoms with Crippen molar-refractivity contribution >= 4 is 40.1 Å². The van der Waals surface area contributed by atoms with Gasteiger partial charge >= 0.3 is 0 Å². The summed E-state index contributed by atoms with van der Waals surface area (Å²) in [4.78, 5) is 2.27. The topological polar surface area (TPSA) is 38.8 Å². The van der Waals surface area contributed by atoms with E-state index in [4.69, 9.17) is 9.47 Å². The molecule has 7 aromatic rings. The Bertz CT molecular complexity index is 2540. The highest BCUT2D eigenvalue weighted by Crippen LogP contribution is 2.66. The standard InChI is InChI=1S/C45H30NO3P/c1-27-20-24-36-42-40(27)48-38-18-11-19-39-44(38)50(42,47)43-37(25-21-28(2)41(43)49-39)46(36)31-22-23-35-33(26-31)32-16-9-10-17-34(32)45(35,29-12-5-3-6-13-29)30-14-7-4-8-15-30/h3-26H,1-2H3. The maximum atomic E-state index is 16.0. The molecular weight excluding hydrogens is 633 g/mol. The van der Waals surface area contributed by atoms with Crippen LogP contribution < -0.4 is 30.3 Å². The molecule has 0 atom stereocenters. The van der Waals surface area contributed by atoms with E-state index in [9.17, 15) is 0 Å². The van der Waals surface area contributed by atoms with Gasteiger partial charge in [0, 0.05) is 5.69 Å². The lowest BCUT2D eigenvalue weighted by Gasteiger charge is -2.44. The van der Waals surface area contributed by atoms with Crippen LogP contribution in [0.3, 0.4) is 0 Å². The molecule has 238 valence electrons. The summed E-state index contributed by atoms with van der Waals surface area (Å²) >= 11 is 0. The number of hydrogen-bond acceptors (Lipinski definition) is 4. The van der Waals surface area contributed by atoms with E-state index < -0.39 is 12.6 Å². The Morgan fingerprint density at radius 1 is 0.520 bits per heavy atom. The Morgan fingerprint density at radius 2 is 1.06 bits per heavy atom. The summed E-state index contributed by atoms with van der Waals surface area (Å²) < 4.78 is 29.3. The molecule has 0 N–H and O–H groups in total. The SMILES string of the molecule is Cc1ccc2c3c1Oc1cccc4c1P3(=O)c1c(ccc(C)c1O4)N2c1ccc2c(c1)-c1ccccc1C2(c1ccccc1)c1ccccc1. The quantitative estimate of drug-likeness (QED) is 0.176. The van der Waals surface area contributed by atoms with Crippen molar-refractivity contribution in [3.63, 3.8) is 0 Å². The lowest BCUT2D eigenvalue weighted by atomic mass is 9.68. The van der Waals surface area contributed by atoms with Gasteiger partial charge in [-0.3, -0.25) is 0 Å². The molecule has 5 heteroatoms. The van der Waals surface area contributed by atoms with Crippen molar-refractivity contribution in [3.05, 3.63) is 179 Å². The molecular formula is C45H30NO3P. The summed E-state index contributed by atoms with van der Waals surface area (Å²) in [5.41, 5.74) is 11.5. The minimum Gasteiger partial charge on any atom is -0.455 e. The predicted octanol–water partition coefficient (Wildman–Crippen LogP) is 10.3. The van der Waals surface area contributed by atoms with Crippen LogP contribution in [0.25, 0.3) is 11.1 Å². The van der Waals surface area contributed by atoms with Crippen LogP contribution in [0.2, 0.25) is 0 Å². The fraction of sp³-hybridized carbons (Fsp3) is 0.0667. The van der Waals surface area contributed by atoms with Gasteiger partial charge in [0.15, 0.2) is 7.14 Å². The van der Waals surface area contributed by atoms with Crippen LogP contribution >= 0.6 is 7.14 Å². The highest BCUT2D eigenvalue weighted by molar-refractivity contribution is 7.87. The number of benzene rings is 7. The van der Waals surface area contributed by atoms with E-state index >= 15 is 4.57 Å². The number of aryl methyl sites for hydroxylation is 2. The van der Waals surface area contributed by atoms with Crippen molar-refractivity contribution in [2.45, 2.75) is 19.3 Å². The Labute approximate surface area is 290 Å². The van der Waals surface area contributed by atoms with E-state index in [1.54, 1.807) is 0 Å². The first kappa shape index (κ1) is 28.1. The average molecular weight is 664 g/mol. The Hall–Kier alpha value is -5.83. The van der Waals surface area contributed by atoms with Crippen LogP contribution in [0.4, 0.5) is 17.1 Å². The summed E-state index contributed by atoms with van der Waals surface area (Å²) in [5, 5.41) is 2.17. The summed E-state index contributed by atoms with van der Waals surface area (Å²) in [5.74, 6) is 2.58. The fourth-order valence-electron chi connectivity index (χ4n) is 9.07. The number of rotatable bonds is 3. The van der Waals surface area contributed by atoms with Gasteiger partial charge in [0.2, 0.25) is 0 Å². The molecule has 0 saturated heterocycles. The first-order valence-corrected chi connectivity index (χ1v) is 18.7. The summed E-state index contributed by atoms with van der Waals surface area (Å²) in [7, 11) is -3.36. The molecule has 3 heterocycles. The molecule has 0 aromatic heterocycles. The largest absolute Gasteiger partial charge is 0.455 e. The minimum atomic E-state index is -3.36. The smallest absolute Gasteiger partial charge is 0.189 e. The first-order valence-electron chi connectivity index (χ1n) is 17.0. The average Bonchev–Trinajstić information content (AvgIpc) is 3.45. The third-order valence-electron chi connectivity index (χ3n) is 11.1. The zero-order chi connectivity index (χ0) is 33.4. The zero-order valence-electron chi connectivity index (χ0n) is 27.5. The van der Waals surface area contributed by atoms with E-state index in [0.29, 0.717) is 28.3 Å². The zero-order valence-corrected chi connectivity index (χ0v) is 28.4. The molecule has 0 fully saturated rings. The predicted molar refractivity (Wildman–Crippen MR) is 201 cm³/mol. The maximum absolute atomic E-state index is 16.0. The van der Waals surface area contributed by atoms with Crippen molar-refractivity contribution in [2.75, 3.05) is 4.90 Å². The van der Waals surface area contributed by atoms with Crippen LogP contribution in [0.1, 0.15) is 33.4 Å². The molecule has 0 saturated carbocycles. The normalized spacial score (nSPS) is 15.7. The van der Waals surface area contributed by atoms with Gasteiger partial charge in [0.1, 0.15) is 28.3 Å². The number of ether oxygens (including phenoxy) is 2. The highest BCUT2D eigenvalue weighted by atomic mass is 31.2. The van der Waals surface area contributed by atoms with E-state index in [0.717, 1.165) is 38.8 Å². The van der Waals surface area contributed by atoms with Crippen LogP contribution in [-0.2, 0) is 9.98 Å². The molecule has 7 aromatic carbocycles. The van der Waals surface area contributed by atoms with Crippen LogP contribution in [0, 0.1) is 13.8 Å². The van der Waals surface area contributed by atoms with Crippen molar-refractivity contribution in [2.24, 2.45) is 0 Å². The van der Waals surface area contributed by atoms with Crippen LogP contribution in [-0.4, -0.2) is 0 Å². The van der Waals surface area contributed by atoms with Crippen molar-refractivity contribution in [3.8, 4) is 34.1 Å². The lowest BCUT2D eigenvalue weighted by Crippen LogP contribution is -2.42. The van der Waals surface area contributed by atoms with Gasteiger partial charge < -0.3 is 18.9 Å². The van der Waals surface area contributed by atoms with Gasteiger partial charge in [-0.25, -0.2) is 0 Å². The fourth-order valence-corrected chi connectivity index (χ4v) is 12.6. The molecule has 4 nitrogen and oxygen atoms in total. The second-order valence-corrected chi connectivity index (χ2v) is 16.2. The molecule has 0 radical (unpaired) electrons. The summed E-state index contributed by atoms with van der Waals surface area (Å²) in [6, 6.07) is 51.5. The van der Waals surface area contributed by atoms with Crippen molar-refractivity contribution in [1.29, 1.82) is 0 Å². The third-order valence-corrected chi connectivity index (χ3v) is 14.3. The molecule has 3 aliphatic heterocycles. The highest BCUT2D eigenvalue weighted by Gasteiger charge is 2.54. The molecule has 0 bridgehead atoms. The van der Waals surface area contributed by atoms with Gasteiger partial charge in [0.25, 0.3) is 0 Å². The molecule has 50 heavy (non-hydrogen) atoms. The molecule has 0 amide bonds. The van der Waals surface area contributed by atoms with Crippen molar-refractivity contribution < 1.29 is 14.0 Å². The summed E-state index contributed by atoms with van der Waals surface area (Å²) in [6.07, 6.45) is 0. The monoisotopic (exact) mass is 663 g/mol. The van der Waals surface area contributed by atoms with Crippen molar-refractivity contribution in [1.82, 2.24) is 0 Å². The van der Waals surface area contributed by atoms with Crippen LogP contribution in [0.5, 0.6) is 23.0 Å². The molecule has 4 aliphatic rings. The van der Waals surface area contributed by atoms with E-state index in [1.165, 1.54) is 33.4 Å². The number of fused-ring (bicyclic) bond motifs is 3. The van der Waals surface area contributed by atoms with E-state index in [1.807, 2.05) is 32.0 Å². The van der Waals surface area contributed by atoms with E-state index in [2.05, 4.69) is 132 Å². The van der Waals surface area contributed by atoms with Gasteiger partial charge in [-0.15, -0.1) is 0 Å². The number of hydrogen-bond donors (Lipinski definition) is 0. The minimum absolute atomic E-state index is 0.488. The first-order chi connectivity index (χ1) is 24.5. The van der Waals surface area contributed by atoms with Crippen LogP contribution in [0.15, 0.2) is 146 Å². The number of anilines is 3. The summed E-state index contributed by atoms with van der Waals surface area (Å²) in [6.45, 7) is 4.07. The number of nitrogens with zero attached hydrogens (tertiary/aromatic N) is 1. The van der Waals surface area contributed by atoms with Gasteiger partial charge in [-0.2, -0.15) is 0 Å². The Kier molecular flexibility index (Phi) is 5.42. The van der Waals surface area contributed by atoms with Gasteiger partial charge in [-0.1, -0.05) is 109 Å². The Morgan fingerprint density at radius 3 is 1.66 bits per heavy atom. The van der Waals surface area contributed by atoms with Gasteiger partial charge in [-0.05, 0) is 94.8 Å². The second kappa shape index (κ2) is 9.65. The Balaban J connectivity index is 1.21. The molecule has 0 unspecified atom stereocenters. The third kappa shape index (κ3) is 3.26. The van der Waals surface area contributed by atoms with Gasteiger partial charge in [0.05, 0.1) is 27.4 Å². The molecule has 11 rings (SSSR count). The molecule has 1 aliphatic carbocycles. The second-order valence-electron chi connectivity index (χ2n) is 13.7. The maximum Gasteiger partial charge on any atom is 0.189 e. The lowest BCUT2D eigenvalue weighted by molar-refractivity contribution is 0.458. The van der Waals surface area contributed by atoms with E-state index in [-0.39, 0.29) is 0 Å². The molecule has 0 spiro atoms.